The summed E-state index contributed by atoms with van der Waals surface area (Å²) in [6, 6.07) is 17.3. The second-order valence-corrected chi connectivity index (χ2v) is 6.31. The summed E-state index contributed by atoms with van der Waals surface area (Å²) in [4.78, 5) is 48.6. The normalized spacial score (nSPS) is 10.1. The Morgan fingerprint density at radius 2 is 1.00 bits per heavy atom. The van der Waals surface area contributed by atoms with Crippen LogP contribution in [0.5, 0.6) is 0 Å². The van der Waals surface area contributed by atoms with Crippen LogP contribution < -0.4 is 0 Å². The van der Waals surface area contributed by atoms with Crippen molar-refractivity contribution < 1.29 is 19.2 Å². The third-order valence-electron chi connectivity index (χ3n) is 4.16. The molecule has 2 aromatic rings. The number of carbonyl (C=O) groups is 4. The summed E-state index contributed by atoms with van der Waals surface area (Å²) in [5.41, 5.74) is 1.63. The summed E-state index contributed by atoms with van der Waals surface area (Å²) in [7, 11) is 0. The van der Waals surface area contributed by atoms with Gasteiger partial charge in [0.25, 0.3) is 0 Å². The van der Waals surface area contributed by atoms with Crippen LogP contribution in [0, 0.1) is 0 Å². The zero-order valence-corrected chi connectivity index (χ0v) is 15.3. The number of hydrogen-bond donors (Lipinski definition) is 0. The molecule has 0 atom stereocenters. The monoisotopic (exact) mass is 362 g/mol. The Balaban J connectivity index is 1.86. The van der Waals surface area contributed by atoms with Crippen molar-refractivity contribution in [1.82, 2.24) is 0 Å². The van der Waals surface area contributed by atoms with Crippen LogP contribution >= 0.6 is 0 Å². The van der Waals surface area contributed by atoms with E-state index in [1.54, 1.807) is 73.7 Å². The van der Waals surface area contributed by atoms with Gasteiger partial charge in [-0.3, -0.25) is 19.2 Å². The first kappa shape index (κ1) is 20.2. The van der Waals surface area contributed by atoms with Crippen LogP contribution in [0.3, 0.4) is 0 Å². The molecule has 0 radical (unpaired) electrons. The molecular formula is C23H22O4. The zero-order chi connectivity index (χ0) is 19.6. The van der Waals surface area contributed by atoms with E-state index >= 15 is 0 Å². The second kappa shape index (κ2) is 10.1. The molecule has 0 heterocycles. The van der Waals surface area contributed by atoms with Crippen LogP contribution in [0.2, 0.25) is 0 Å². The topological polar surface area (TPSA) is 68.3 Å². The molecular weight excluding hydrogens is 340 g/mol. The number of allylic oxidation sites excluding steroid dienone is 2. The molecule has 0 saturated heterocycles. The summed E-state index contributed by atoms with van der Waals surface area (Å²) >= 11 is 0. The van der Waals surface area contributed by atoms with Gasteiger partial charge in [0, 0.05) is 24.0 Å². The third-order valence-corrected chi connectivity index (χ3v) is 4.16. The first-order chi connectivity index (χ1) is 13.0. The van der Waals surface area contributed by atoms with E-state index in [1.165, 1.54) is 0 Å². The van der Waals surface area contributed by atoms with Crippen molar-refractivity contribution in [1.29, 1.82) is 0 Å². The van der Waals surface area contributed by atoms with Crippen molar-refractivity contribution in [2.24, 2.45) is 0 Å². The molecule has 0 unspecified atom stereocenters. The lowest BCUT2D eigenvalue weighted by Crippen LogP contribution is -2.12. The summed E-state index contributed by atoms with van der Waals surface area (Å²) < 4.78 is 0. The van der Waals surface area contributed by atoms with Crippen LogP contribution in [0.4, 0.5) is 0 Å². The van der Waals surface area contributed by atoms with Gasteiger partial charge in [-0.2, -0.15) is 0 Å². The van der Waals surface area contributed by atoms with E-state index < -0.39 is 0 Å². The standard InChI is InChI=1S/C23H22O4/c1-2-17(13-20(24)15-22(26)18-9-5-3-6-10-18)14-21(25)16-23(27)19-11-7-4-8-12-19/h2-12H,13-16H2,1H3. The van der Waals surface area contributed by atoms with Crippen LogP contribution in [0.25, 0.3) is 0 Å². The smallest absolute Gasteiger partial charge is 0.170 e. The highest BCUT2D eigenvalue weighted by Crippen LogP contribution is 2.14. The second-order valence-electron chi connectivity index (χ2n) is 6.31. The van der Waals surface area contributed by atoms with E-state index in [2.05, 4.69) is 0 Å². The van der Waals surface area contributed by atoms with Crippen molar-refractivity contribution in [2.45, 2.75) is 32.6 Å². The lowest BCUT2D eigenvalue weighted by Gasteiger charge is -2.06. The number of rotatable bonds is 10. The van der Waals surface area contributed by atoms with Gasteiger partial charge >= 0.3 is 0 Å². The fourth-order valence-corrected chi connectivity index (χ4v) is 2.71. The molecule has 4 nitrogen and oxygen atoms in total. The molecule has 2 aromatic carbocycles. The van der Waals surface area contributed by atoms with Gasteiger partial charge < -0.3 is 0 Å². The molecule has 0 N–H and O–H groups in total. The number of hydrogen-bond acceptors (Lipinski definition) is 4. The van der Waals surface area contributed by atoms with Gasteiger partial charge in [0.05, 0.1) is 12.8 Å². The SMILES string of the molecule is CC=C(CC(=O)CC(=O)c1ccccc1)CC(=O)CC(=O)c1ccccc1. The van der Waals surface area contributed by atoms with Crippen LogP contribution in [-0.4, -0.2) is 23.1 Å². The van der Waals surface area contributed by atoms with Gasteiger partial charge in [-0.1, -0.05) is 72.3 Å². The minimum Gasteiger partial charge on any atom is -0.299 e. The number of benzene rings is 2. The molecule has 0 saturated carbocycles. The van der Waals surface area contributed by atoms with Crippen molar-refractivity contribution in [3.05, 3.63) is 83.4 Å². The van der Waals surface area contributed by atoms with Crippen LogP contribution in [-0.2, 0) is 9.59 Å². The first-order valence-electron chi connectivity index (χ1n) is 8.83. The Morgan fingerprint density at radius 1 is 0.630 bits per heavy atom. The molecule has 0 fully saturated rings. The Morgan fingerprint density at radius 3 is 1.33 bits per heavy atom. The van der Waals surface area contributed by atoms with E-state index in [-0.39, 0.29) is 48.8 Å². The zero-order valence-electron chi connectivity index (χ0n) is 15.3. The van der Waals surface area contributed by atoms with Crippen molar-refractivity contribution in [2.75, 3.05) is 0 Å². The average molecular weight is 362 g/mol. The number of ketones is 4. The first-order valence-corrected chi connectivity index (χ1v) is 8.83. The predicted octanol–water partition coefficient (Wildman–Crippen LogP) is 4.40. The highest BCUT2D eigenvalue weighted by molar-refractivity contribution is 6.10. The highest BCUT2D eigenvalue weighted by atomic mass is 16.2. The van der Waals surface area contributed by atoms with E-state index in [9.17, 15) is 19.2 Å². The summed E-state index contributed by atoms with van der Waals surface area (Å²) in [5.74, 6) is -0.943. The molecule has 0 aliphatic carbocycles. The quantitative estimate of drug-likeness (QED) is 0.357. The van der Waals surface area contributed by atoms with Gasteiger partial charge in [0.2, 0.25) is 0 Å². The highest BCUT2D eigenvalue weighted by Gasteiger charge is 2.17. The lowest BCUT2D eigenvalue weighted by molar-refractivity contribution is -0.118. The molecule has 0 spiro atoms. The lowest BCUT2D eigenvalue weighted by atomic mass is 9.96. The van der Waals surface area contributed by atoms with E-state index in [4.69, 9.17) is 0 Å². The van der Waals surface area contributed by atoms with E-state index in [0.717, 1.165) is 0 Å². The van der Waals surface area contributed by atoms with Crippen molar-refractivity contribution in [3.8, 4) is 0 Å². The Kier molecular flexibility index (Phi) is 7.56. The van der Waals surface area contributed by atoms with E-state index in [1.807, 2.05) is 0 Å². The van der Waals surface area contributed by atoms with Gasteiger partial charge in [-0.25, -0.2) is 0 Å². The summed E-state index contributed by atoms with van der Waals surface area (Å²) in [5, 5.41) is 0. The molecule has 27 heavy (non-hydrogen) atoms. The van der Waals surface area contributed by atoms with E-state index in [0.29, 0.717) is 16.7 Å². The fraction of sp³-hybridized carbons (Fsp3) is 0.217. The molecule has 138 valence electrons. The average Bonchev–Trinajstić information content (AvgIpc) is 2.68. The molecule has 0 aliphatic rings. The number of Topliss-reactive ketones (excluding diaryl/α,β-unsaturated/α-hetero) is 4. The van der Waals surface area contributed by atoms with Crippen molar-refractivity contribution >= 4 is 23.1 Å². The summed E-state index contributed by atoms with van der Waals surface area (Å²) in [6.45, 7) is 1.74. The largest absolute Gasteiger partial charge is 0.299 e. The van der Waals surface area contributed by atoms with Gasteiger partial charge in [0.1, 0.15) is 11.6 Å². The summed E-state index contributed by atoms with van der Waals surface area (Å²) in [6.07, 6.45) is 1.40. The maximum absolute atomic E-state index is 12.2. The molecule has 4 heteroatoms. The molecule has 0 aliphatic heterocycles. The molecule has 0 aromatic heterocycles. The van der Waals surface area contributed by atoms with Gasteiger partial charge in [0.15, 0.2) is 11.6 Å². The molecule has 0 amide bonds. The van der Waals surface area contributed by atoms with Crippen molar-refractivity contribution in [3.63, 3.8) is 0 Å². The molecule has 2 rings (SSSR count). The minimum absolute atomic E-state index is 0.0420. The Labute approximate surface area is 158 Å². The maximum atomic E-state index is 12.2. The fourth-order valence-electron chi connectivity index (χ4n) is 2.71. The Hall–Kier alpha value is -3.14. The molecule has 0 bridgehead atoms. The van der Waals surface area contributed by atoms with Crippen LogP contribution in [0.1, 0.15) is 53.3 Å². The Bertz CT molecular complexity index is 779. The minimum atomic E-state index is -0.237. The number of carbonyl (C=O) groups excluding carboxylic acids is 4. The van der Waals surface area contributed by atoms with Gasteiger partial charge in [-0.15, -0.1) is 0 Å². The maximum Gasteiger partial charge on any atom is 0.170 e. The van der Waals surface area contributed by atoms with Gasteiger partial charge in [-0.05, 0) is 6.92 Å². The van der Waals surface area contributed by atoms with Crippen LogP contribution in [0.15, 0.2) is 72.3 Å². The third kappa shape index (κ3) is 6.59. The predicted molar refractivity (Wildman–Crippen MR) is 104 cm³/mol.